The van der Waals surface area contributed by atoms with E-state index in [1.807, 2.05) is 60.7 Å². The van der Waals surface area contributed by atoms with Crippen molar-refractivity contribution < 1.29 is 0 Å². The molecule has 0 saturated carbocycles. The van der Waals surface area contributed by atoms with Gasteiger partial charge in [0.25, 0.3) is 0 Å². The molecule has 0 aliphatic carbocycles. The zero-order valence-corrected chi connectivity index (χ0v) is 12.3. The number of nitrogens with two attached hydrogens (primary N) is 1. The van der Waals surface area contributed by atoms with Crippen molar-refractivity contribution in [2.24, 2.45) is 0 Å². The second-order valence-electron chi connectivity index (χ2n) is 5.20. The maximum Gasteiger partial charge on any atom is 0.101 e. The average Bonchev–Trinajstić information content (AvgIpc) is 2.59. The highest BCUT2D eigenvalue weighted by atomic mass is 14.5. The van der Waals surface area contributed by atoms with Crippen LogP contribution in [0, 0.1) is 22.7 Å². The van der Waals surface area contributed by atoms with Gasteiger partial charge in [-0.15, -0.1) is 0 Å². The number of nitriles is 2. The van der Waals surface area contributed by atoms with Crippen molar-refractivity contribution in [3.05, 3.63) is 72.3 Å². The molecule has 0 aliphatic rings. The monoisotopic (exact) mass is 295 g/mol. The highest BCUT2D eigenvalue weighted by molar-refractivity contribution is 5.91. The summed E-state index contributed by atoms with van der Waals surface area (Å²) in [5.74, 6) is 0. The smallest absolute Gasteiger partial charge is 0.101 e. The van der Waals surface area contributed by atoms with Gasteiger partial charge in [0, 0.05) is 11.8 Å². The molecule has 3 rings (SSSR count). The number of hydrogen-bond donors (Lipinski definition) is 1. The van der Waals surface area contributed by atoms with Crippen LogP contribution >= 0.6 is 0 Å². The third-order valence-electron chi connectivity index (χ3n) is 3.72. The van der Waals surface area contributed by atoms with E-state index in [9.17, 15) is 0 Å². The molecular weight excluding hydrogens is 282 g/mol. The number of benzene rings is 3. The average molecular weight is 295 g/mol. The summed E-state index contributed by atoms with van der Waals surface area (Å²) in [6.07, 6.45) is 1.27. The first-order valence-electron chi connectivity index (χ1n) is 7.11. The van der Waals surface area contributed by atoms with Crippen LogP contribution in [0.2, 0.25) is 0 Å². The number of rotatable bonds is 2. The molecule has 0 fully saturated rings. The Balaban J connectivity index is 2.06. The van der Waals surface area contributed by atoms with E-state index in [-0.39, 0.29) is 0 Å². The molecule has 3 aromatic rings. The summed E-state index contributed by atoms with van der Waals surface area (Å²) < 4.78 is 0. The molecule has 0 heterocycles. The van der Waals surface area contributed by atoms with Crippen LogP contribution in [-0.2, 0) is 0 Å². The Morgan fingerprint density at radius 2 is 1.48 bits per heavy atom. The maximum atomic E-state index is 9.12. The lowest BCUT2D eigenvalue weighted by molar-refractivity contribution is 1.51. The molecule has 0 saturated heterocycles. The number of nitrogens with zero attached hydrogens (tertiary/aromatic N) is 2. The van der Waals surface area contributed by atoms with E-state index in [1.165, 1.54) is 6.08 Å². The summed E-state index contributed by atoms with van der Waals surface area (Å²) in [5.41, 5.74) is 9.80. The van der Waals surface area contributed by atoms with E-state index in [1.54, 1.807) is 0 Å². The minimum Gasteiger partial charge on any atom is -0.399 e. The Bertz CT molecular complexity index is 984. The number of hydrogen-bond acceptors (Lipinski definition) is 3. The number of anilines is 1. The molecule has 2 N–H and O–H groups in total. The summed E-state index contributed by atoms with van der Waals surface area (Å²) in [6, 6.07) is 23.6. The fourth-order valence-corrected chi connectivity index (χ4v) is 2.51. The normalized spacial score (nSPS) is 11.0. The van der Waals surface area contributed by atoms with Crippen molar-refractivity contribution in [2.45, 2.75) is 0 Å². The van der Waals surface area contributed by atoms with Crippen LogP contribution in [0.4, 0.5) is 5.69 Å². The predicted molar refractivity (Wildman–Crippen MR) is 93.0 cm³/mol. The van der Waals surface area contributed by atoms with Gasteiger partial charge in [-0.05, 0) is 51.7 Å². The zero-order valence-electron chi connectivity index (χ0n) is 12.3. The molecule has 0 atom stereocenters. The van der Waals surface area contributed by atoms with Gasteiger partial charge in [0.05, 0.1) is 11.6 Å². The fraction of sp³-hybridized carbons (Fsp3) is 0. The van der Waals surface area contributed by atoms with E-state index in [0.717, 1.165) is 33.2 Å². The van der Waals surface area contributed by atoms with Crippen LogP contribution in [-0.4, -0.2) is 0 Å². The van der Waals surface area contributed by atoms with E-state index in [2.05, 4.69) is 12.1 Å². The van der Waals surface area contributed by atoms with Crippen LogP contribution in [0.15, 0.2) is 66.7 Å². The maximum absolute atomic E-state index is 9.12. The first kappa shape index (κ1) is 14.4. The van der Waals surface area contributed by atoms with Gasteiger partial charge in [0.1, 0.15) is 6.07 Å². The minimum atomic E-state index is 0.372. The molecular formula is C20H13N3. The molecule has 3 aromatic carbocycles. The fourth-order valence-electron chi connectivity index (χ4n) is 2.51. The van der Waals surface area contributed by atoms with Crippen molar-refractivity contribution in [1.82, 2.24) is 0 Å². The number of allylic oxidation sites excluding steroid dienone is 2. The lowest BCUT2D eigenvalue weighted by atomic mass is 9.98. The number of nitrogen functional groups attached to an aromatic ring is 1. The number of fused-ring (bicyclic) bond motifs is 1. The summed E-state index contributed by atoms with van der Waals surface area (Å²) >= 11 is 0. The standard InChI is InChI=1S/C20H13N3/c21-10-9-19(13-22)18-4-3-16-11-15(1-2-17(16)12-18)14-5-7-20(23)8-6-14/h1-9,11-12H,23H2/b19-9+. The summed E-state index contributed by atoms with van der Waals surface area (Å²) in [4.78, 5) is 0. The van der Waals surface area contributed by atoms with Gasteiger partial charge in [-0.2, -0.15) is 10.5 Å². The second kappa shape index (κ2) is 6.05. The molecule has 0 unspecified atom stereocenters. The molecule has 0 radical (unpaired) electrons. The molecule has 0 aromatic heterocycles. The third kappa shape index (κ3) is 2.90. The van der Waals surface area contributed by atoms with Gasteiger partial charge in [-0.25, -0.2) is 0 Å². The third-order valence-corrected chi connectivity index (χ3v) is 3.72. The predicted octanol–water partition coefficient (Wildman–Crippen LogP) is 4.52. The molecule has 0 aliphatic heterocycles. The highest BCUT2D eigenvalue weighted by Gasteiger charge is 2.04. The van der Waals surface area contributed by atoms with Crippen LogP contribution < -0.4 is 5.73 Å². The van der Waals surface area contributed by atoms with E-state index >= 15 is 0 Å². The van der Waals surface area contributed by atoms with Crippen LogP contribution in [0.5, 0.6) is 0 Å². The quantitative estimate of drug-likeness (QED) is 0.558. The summed E-state index contributed by atoms with van der Waals surface area (Å²) in [7, 11) is 0. The van der Waals surface area contributed by atoms with Gasteiger partial charge in [0.2, 0.25) is 0 Å². The SMILES string of the molecule is N#C/C=C(\C#N)c1ccc2cc(-c3ccc(N)cc3)ccc2c1. The highest BCUT2D eigenvalue weighted by Crippen LogP contribution is 2.27. The first-order chi connectivity index (χ1) is 11.2. The topological polar surface area (TPSA) is 73.6 Å². The van der Waals surface area contributed by atoms with Crippen LogP contribution in [0.1, 0.15) is 5.56 Å². The van der Waals surface area contributed by atoms with Crippen molar-refractivity contribution in [3.8, 4) is 23.3 Å². The van der Waals surface area contributed by atoms with Crippen molar-refractivity contribution in [3.63, 3.8) is 0 Å². The Kier molecular flexibility index (Phi) is 3.78. The molecule has 0 bridgehead atoms. The molecule has 0 amide bonds. The molecule has 0 spiro atoms. The molecule has 3 heteroatoms. The lowest BCUT2D eigenvalue weighted by Crippen LogP contribution is -1.85. The Labute approximate surface area is 134 Å². The zero-order chi connectivity index (χ0) is 16.2. The summed E-state index contributed by atoms with van der Waals surface area (Å²) in [5, 5.41) is 20.0. The van der Waals surface area contributed by atoms with E-state index in [0.29, 0.717) is 5.57 Å². The first-order valence-corrected chi connectivity index (χ1v) is 7.11. The second-order valence-corrected chi connectivity index (χ2v) is 5.20. The van der Waals surface area contributed by atoms with Crippen LogP contribution in [0.3, 0.4) is 0 Å². The minimum absolute atomic E-state index is 0.372. The largest absolute Gasteiger partial charge is 0.399 e. The van der Waals surface area contributed by atoms with E-state index < -0.39 is 0 Å². The van der Waals surface area contributed by atoms with Gasteiger partial charge in [0.15, 0.2) is 0 Å². The van der Waals surface area contributed by atoms with Gasteiger partial charge in [-0.3, -0.25) is 0 Å². The van der Waals surface area contributed by atoms with Crippen molar-refractivity contribution in [1.29, 1.82) is 10.5 Å². The Morgan fingerprint density at radius 1 is 0.826 bits per heavy atom. The lowest BCUT2D eigenvalue weighted by Gasteiger charge is -2.06. The van der Waals surface area contributed by atoms with Crippen molar-refractivity contribution in [2.75, 3.05) is 5.73 Å². The van der Waals surface area contributed by atoms with Gasteiger partial charge < -0.3 is 5.73 Å². The molecule has 23 heavy (non-hydrogen) atoms. The molecule has 3 nitrogen and oxygen atoms in total. The Morgan fingerprint density at radius 3 is 2.17 bits per heavy atom. The van der Waals surface area contributed by atoms with Gasteiger partial charge in [-0.1, -0.05) is 36.4 Å². The summed E-state index contributed by atoms with van der Waals surface area (Å²) in [6.45, 7) is 0. The Hall–Kier alpha value is -3.56. The van der Waals surface area contributed by atoms with Gasteiger partial charge >= 0.3 is 0 Å². The van der Waals surface area contributed by atoms with E-state index in [4.69, 9.17) is 16.3 Å². The van der Waals surface area contributed by atoms with Crippen molar-refractivity contribution >= 4 is 22.0 Å². The van der Waals surface area contributed by atoms with Crippen LogP contribution in [0.25, 0.3) is 27.5 Å². The molecule has 108 valence electrons.